The van der Waals surface area contributed by atoms with Gasteiger partial charge in [-0.3, -0.25) is 4.79 Å². The highest BCUT2D eigenvalue weighted by Crippen LogP contribution is 2.25. The third-order valence-electron chi connectivity index (χ3n) is 5.12. The minimum Gasteiger partial charge on any atom is -0.496 e. The van der Waals surface area contributed by atoms with Gasteiger partial charge in [0.2, 0.25) is 17.6 Å². The maximum Gasteiger partial charge on any atom is 0.227 e. The summed E-state index contributed by atoms with van der Waals surface area (Å²) >= 11 is 1.61. The third-order valence-corrected chi connectivity index (χ3v) is 5.80. The van der Waals surface area contributed by atoms with E-state index in [0.29, 0.717) is 30.5 Å². The zero-order chi connectivity index (χ0) is 19.3. The first-order chi connectivity index (χ1) is 13.7. The molecule has 0 N–H and O–H groups in total. The fourth-order valence-electron chi connectivity index (χ4n) is 3.68. The molecule has 2 aromatic heterocycles. The standard InChI is InChI=1S/C21H23N3O3S/c1-26-18-7-3-2-6-16(18)12-20(25)24-9-4-5-15(13-24)11-19-22-21(23-27-19)17-8-10-28-14-17/h2-3,6-8,10,14-15H,4-5,9,11-13H2,1H3/t15-/m0/s1. The van der Waals surface area contributed by atoms with Crippen LogP contribution in [0, 0.1) is 5.92 Å². The molecule has 0 saturated carbocycles. The monoisotopic (exact) mass is 397 g/mol. The summed E-state index contributed by atoms with van der Waals surface area (Å²) in [5.74, 6) is 2.52. The number of carbonyl (C=O) groups is 1. The second kappa shape index (κ2) is 8.56. The van der Waals surface area contributed by atoms with Crippen molar-refractivity contribution < 1.29 is 14.1 Å². The molecule has 0 spiro atoms. The normalized spacial score (nSPS) is 16.9. The number of piperidine rings is 1. The van der Waals surface area contributed by atoms with E-state index >= 15 is 0 Å². The number of para-hydroxylation sites is 1. The van der Waals surface area contributed by atoms with Crippen LogP contribution < -0.4 is 4.74 Å². The Morgan fingerprint density at radius 2 is 2.25 bits per heavy atom. The van der Waals surface area contributed by atoms with Gasteiger partial charge in [-0.25, -0.2) is 0 Å². The minimum absolute atomic E-state index is 0.138. The molecule has 6 nitrogen and oxygen atoms in total. The van der Waals surface area contributed by atoms with Crippen LogP contribution in [0.25, 0.3) is 11.4 Å². The number of amides is 1. The van der Waals surface area contributed by atoms with Crippen LogP contribution in [-0.2, 0) is 17.6 Å². The van der Waals surface area contributed by atoms with Crippen molar-refractivity contribution in [3.63, 3.8) is 0 Å². The van der Waals surface area contributed by atoms with Gasteiger partial charge in [0.25, 0.3) is 0 Å². The van der Waals surface area contributed by atoms with E-state index in [4.69, 9.17) is 9.26 Å². The molecule has 0 bridgehead atoms. The maximum absolute atomic E-state index is 12.8. The average molecular weight is 398 g/mol. The quantitative estimate of drug-likeness (QED) is 0.632. The van der Waals surface area contributed by atoms with E-state index in [-0.39, 0.29) is 5.91 Å². The topological polar surface area (TPSA) is 68.5 Å². The Hall–Kier alpha value is -2.67. The molecule has 3 aromatic rings. The van der Waals surface area contributed by atoms with Crippen LogP contribution in [0.4, 0.5) is 0 Å². The summed E-state index contributed by atoms with van der Waals surface area (Å²) in [5.41, 5.74) is 1.91. The van der Waals surface area contributed by atoms with E-state index in [1.807, 2.05) is 46.0 Å². The molecule has 146 valence electrons. The number of ether oxygens (including phenoxy) is 1. The van der Waals surface area contributed by atoms with Gasteiger partial charge in [0.05, 0.1) is 13.5 Å². The molecule has 0 radical (unpaired) electrons. The predicted molar refractivity (Wildman–Crippen MR) is 107 cm³/mol. The fourth-order valence-corrected chi connectivity index (χ4v) is 4.31. The van der Waals surface area contributed by atoms with E-state index in [1.54, 1.807) is 18.4 Å². The molecular weight excluding hydrogens is 374 g/mol. The first kappa shape index (κ1) is 18.7. The second-order valence-electron chi connectivity index (χ2n) is 7.06. The van der Waals surface area contributed by atoms with Crippen molar-refractivity contribution in [2.75, 3.05) is 20.2 Å². The summed E-state index contributed by atoms with van der Waals surface area (Å²) in [6.45, 7) is 1.53. The van der Waals surface area contributed by atoms with Crippen LogP contribution in [0.15, 0.2) is 45.6 Å². The molecule has 1 aromatic carbocycles. The van der Waals surface area contributed by atoms with Crippen molar-refractivity contribution in [1.82, 2.24) is 15.0 Å². The highest BCUT2D eigenvalue weighted by molar-refractivity contribution is 7.08. The Bertz CT molecular complexity index is 923. The van der Waals surface area contributed by atoms with Crippen LogP contribution in [0.3, 0.4) is 0 Å². The Morgan fingerprint density at radius 3 is 3.07 bits per heavy atom. The number of nitrogens with zero attached hydrogens (tertiary/aromatic N) is 3. The first-order valence-corrected chi connectivity index (χ1v) is 10.4. The van der Waals surface area contributed by atoms with Crippen molar-refractivity contribution in [3.05, 3.63) is 52.5 Å². The molecule has 0 unspecified atom stereocenters. The number of aromatic nitrogens is 2. The highest BCUT2D eigenvalue weighted by atomic mass is 32.1. The number of hydrogen-bond acceptors (Lipinski definition) is 6. The van der Waals surface area contributed by atoms with Crippen LogP contribution in [0.5, 0.6) is 5.75 Å². The van der Waals surface area contributed by atoms with E-state index in [1.165, 1.54) is 0 Å². The van der Waals surface area contributed by atoms with Gasteiger partial charge in [-0.15, -0.1) is 0 Å². The molecule has 1 amide bonds. The number of rotatable bonds is 6. The molecule has 0 aliphatic carbocycles. The van der Waals surface area contributed by atoms with Gasteiger partial charge >= 0.3 is 0 Å². The summed E-state index contributed by atoms with van der Waals surface area (Å²) in [6.07, 6.45) is 3.12. The van der Waals surface area contributed by atoms with Gasteiger partial charge in [0, 0.05) is 36.0 Å². The highest BCUT2D eigenvalue weighted by Gasteiger charge is 2.26. The van der Waals surface area contributed by atoms with E-state index in [2.05, 4.69) is 10.1 Å². The first-order valence-electron chi connectivity index (χ1n) is 9.47. The number of benzene rings is 1. The summed E-state index contributed by atoms with van der Waals surface area (Å²) < 4.78 is 10.8. The number of carbonyl (C=O) groups excluding carboxylic acids is 1. The number of hydrogen-bond donors (Lipinski definition) is 0. The Balaban J connectivity index is 1.37. The molecule has 1 aliphatic rings. The molecule has 1 fully saturated rings. The van der Waals surface area contributed by atoms with Crippen molar-refractivity contribution in [1.29, 1.82) is 0 Å². The van der Waals surface area contributed by atoms with E-state index in [9.17, 15) is 4.79 Å². The summed E-state index contributed by atoms with van der Waals surface area (Å²) in [7, 11) is 1.63. The summed E-state index contributed by atoms with van der Waals surface area (Å²) in [5, 5.41) is 8.08. The van der Waals surface area contributed by atoms with Gasteiger partial charge in [0.15, 0.2) is 0 Å². The molecule has 1 atom stereocenters. The number of thiophene rings is 1. The fraction of sp³-hybridized carbons (Fsp3) is 0.381. The molecule has 4 rings (SSSR count). The second-order valence-corrected chi connectivity index (χ2v) is 7.84. The lowest BCUT2D eigenvalue weighted by Gasteiger charge is -2.32. The Kier molecular flexibility index (Phi) is 5.71. The molecular formula is C21H23N3O3S. The lowest BCUT2D eigenvalue weighted by Crippen LogP contribution is -2.41. The number of likely N-dealkylation sites (tertiary alicyclic amines) is 1. The third kappa shape index (κ3) is 4.25. The molecule has 3 heterocycles. The Morgan fingerprint density at radius 1 is 1.36 bits per heavy atom. The molecule has 1 aliphatic heterocycles. The SMILES string of the molecule is COc1ccccc1CC(=O)N1CCC[C@@H](Cc2nc(-c3ccsc3)no2)C1. The van der Waals surface area contributed by atoms with Crippen LogP contribution in [-0.4, -0.2) is 41.1 Å². The predicted octanol–water partition coefficient (Wildman–Crippen LogP) is 3.83. The van der Waals surface area contributed by atoms with E-state index < -0.39 is 0 Å². The van der Waals surface area contributed by atoms with Gasteiger partial charge in [-0.05, 0) is 36.3 Å². The van der Waals surface area contributed by atoms with Crippen molar-refractivity contribution in [2.24, 2.45) is 5.92 Å². The zero-order valence-corrected chi connectivity index (χ0v) is 16.7. The average Bonchev–Trinajstić information content (AvgIpc) is 3.40. The van der Waals surface area contributed by atoms with Crippen LogP contribution >= 0.6 is 11.3 Å². The number of methoxy groups -OCH3 is 1. The van der Waals surface area contributed by atoms with Gasteiger partial charge < -0.3 is 14.2 Å². The lowest BCUT2D eigenvalue weighted by molar-refractivity contribution is -0.132. The van der Waals surface area contributed by atoms with Crippen molar-refractivity contribution in [3.8, 4) is 17.1 Å². The van der Waals surface area contributed by atoms with Crippen LogP contribution in [0.2, 0.25) is 0 Å². The van der Waals surface area contributed by atoms with Crippen molar-refractivity contribution in [2.45, 2.75) is 25.7 Å². The smallest absolute Gasteiger partial charge is 0.227 e. The summed E-state index contributed by atoms with van der Waals surface area (Å²) in [6, 6.07) is 9.67. The lowest BCUT2D eigenvalue weighted by atomic mass is 9.94. The van der Waals surface area contributed by atoms with Crippen molar-refractivity contribution >= 4 is 17.2 Å². The van der Waals surface area contributed by atoms with Gasteiger partial charge in [-0.2, -0.15) is 16.3 Å². The molecule has 7 heteroatoms. The maximum atomic E-state index is 12.8. The largest absolute Gasteiger partial charge is 0.496 e. The van der Waals surface area contributed by atoms with Gasteiger partial charge in [-0.1, -0.05) is 23.4 Å². The summed E-state index contributed by atoms with van der Waals surface area (Å²) in [4.78, 5) is 19.3. The Labute approximate surface area is 168 Å². The van der Waals surface area contributed by atoms with E-state index in [0.717, 1.165) is 42.8 Å². The molecule has 28 heavy (non-hydrogen) atoms. The zero-order valence-electron chi connectivity index (χ0n) is 15.8. The van der Waals surface area contributed by atoms with Gasteiger partial charge in [0.1, 0.15) is 5.75 Å². The molecule has 1 saturated heterocycles. The van der Waals surface area contributed by atoms with Crippen LogP contribution in [0.1, 0.15) is 24.3 Å². The minimum atomic E-state index is 0.138.